The molecule has 0 spiro atoms. The molecule has 1 aliphatic heterocycles. The van der Waals surface area contributed by atoms with Gasteiger partial charge in [-0.15, -0.1) is 0 Å². The molecule has 2 heteroatoms. The van der Waals surface area contributed by atoms with E-state index in [0.717, 1.165) is 13.0 Å². The van der Waals surface area contributed by atoms with Crippen LogP contribution in [0.5, 0.6) is 0 Å². The van der Waals surface area contributed by atoms with Crippen LogP contribution in [0.2, 0.25) is 0 Å². The smallest absolute Gasteiger partial charge is 0.112 e. The van der Waals surface area contributed by atoms with Crippen molar-refractivity contribution in [1.82, 2.24) is 5.32 Å². The molecule has 1 rings (SSSR count). The first-order valence-corrected chi connectivity index (χ1v) is 5.44. The van der Waals surface area contributed by atoms with Gasteiger partial charge in [-0.05, 0) is 38.6 Å². The summed E-state index contributed by atoms with van der Waals surface area (Å²) in [6.07, 6.45) is 4.32. The third kappa shape index (κ3) is 3.26. The van der Waals surface area contributed by atoms with E-state index >= 15 is 0 Å². The van der Waals surface area contributed by atoms with E-state index in [1.807, 2.05) is 13.8 Å². The second-order valence-electron chi connectivity index (χ2n) is 4.78. The lowest BCUT2D eigenvalue weighted by Crippen LogP contribution is -2.41. The van der Waals surface area contributed by atoms with Crippen molar-refractivity contribution >= 4 is 0 Å². The van der Waals surface area contributed by atoms with Crippen LogP contribution >= 0.6 is 0 Å². The van der Waals surface area contributed by atoms with Gasteiger partial charge in [-0.3, -0.25) is 0 Å². The highest BCUT2D eigenvalue weighted by Crippen LogP contribution is 2.28. The largest absolute Gasteiger partial charge is 0.314 e. The Kier molecular flexibility index (Phi) is 3.72. The molecule has 0 saturated carbocycles. The standard InChI is InChI=1S/C11H22FN/c1-9(2)11(3,12)8-10-6-4-5-7-13-10/h9-10,13H,4-8H2,1-3H3. The molecule has 13 heavy (non-hydrogen) atoms. The van der Waals surface area contributed by atoms with Gasteiger partial charge in [0.2, 0.25) is 0 Å². The lowest BCUT2D eigenvalue weighted by atomic mass is 9.85. The zero-order valence-electron chi connectivity index (χ0n) is 9.07. The second kappa shape index (κ2) is 4.41. The first-order chi connectivity index (χ1) is 6.02. The highest BCUT2D eigenvalue weighted by molar-refractivity contribution is 4.85. The summed E-state index contributed by atoms with van der Waals surface area (Å²) in [4.78, 5) is 0. The van der Waals surface area contributed by atoms with E-state index < -0.39 is 5.67 Å². The van der Waals surface area contributed by atoms with Gasteiger partial charge in [-0.25, -0.2) is 4.39 Å². The number of nitrogens with one attached hydrogen (secondary N) is 1. The van der Waals surface area contributed by atoms with Crippen molar-refractivity contribution in [2.45, 2.75) is 58.2 Å². The van der Waals surface area contributed by atoms with Crippen molar-refractivity contribution in [1.29, 1.82) is 0 Å². The van der Waals surface area contributed by atoms with Gasteiger partial charge in [0, 0.05) is 6.04 Å². The Morgan fingerprint density at radius 1 is 1.46 bits per heavy atom. The molecule has 1 fully saturated rings. The van der Waals surface area contributed by atoms with E-state index in [1.54, 1.807) is 6.92 Å². The summed E-state index contributed by atoms with van der Waals surface area (Å²) < 4.78 is 14.0. The van der Waals surface area contributed by atoms with Crippen molar-refractivity contribution in [3.05, 3.63) is 0 Å². The van der Waals surface area contributed by atoms with E-state index in [-0.39, 0.29) is 5.92 Å². The van der Waals surface area contributed by atoms with Crippen LogP contribution in [0.25, 0.3) is 0 Å². The van der Waals surface area contributed by atoms with Crippen LogP contribution < -0.4 is 5.32 Å². The average Bonchev–Trinajstić information content (AvgIpc) is 2.05. The Morgan fingerprint density at radius 2 is 2.15 bits per heavy atom. The van der Waals surface area contributed by atoms with Crippen LogP contribution in [-0.4, -0.2) is 18.3 Å². The van der Waals surface area contributed by atoms with Gasteiger partial charge >= 0.3 is 0 Å². The SMILES string of the molecule is CC(C)C(C)(F)CC1CCCCN1. The van der Waals surface area contributed by atoms with Gasteiger partial charge in [-0.2, -0.15) is 0 Å². The Morgan fingerprint density at radius 3 is 2.62 bits per heavy atom. The molecule has 78 valence electrons. The highest BCUT2D eigenvalue weighted by atomic mass is 19.1. The van der Waals surface area contributed by atoms with Crippen molar-refractivity contribution in [2.24, 2.45) is 5.92 Å². The third-order valence-corrected chi connectivity index (χ3v) is 3.26. The highest BCUT2D eigenvalue weighted by Gasteiger charge is 2.31. The minimum Gasteiger partial charge on any atom is -0.314 e. The molecule has 0 radical (unpaired) electrons. The summed E-state index contributed by atoms with van der Waals surface area (Å²) in [5.41, 5.74) is -1.00. The fraction of sp³-hybridized carbons (Fsp3) is 1.00. The number of hydrogen-bond donors (Lipinski definition) is 1. The topological polar surface area (TPSA) is 12.0 Å². The number of halogens is 1. The lowest BCUT2D eigenvalue weighted by Gasteiger charge is -2.32. The number of rotatable bonds is 3. The van der Waals surface area contributed by atoms with Crippen molar-refractivity contribution < 1.29 is 4.39 Å². The molecular weight excluding hydrogens is 165 g/mol. The van der Waals surface area contributed by atoms with E-state index in [4.69, 9.17) is 0 Å². The lowest BCUT2D eigenvalue weighted by molar-refractivity contribution is 0.0914. The minimum atomic E-state index is -1.00. The van der Waals surface area contributed by atoms with Crippen LogP contribution in [0.3, 0.4) is 0 Å². The zero-order chi connectivity index (χ0) is 9.90. The Bertz CT molecular complexity index is 148. The summed E-state index contributed by atoms with van der Waals surface area (Å²) >= 11 is 0. The maximum Gasteiger partial charge on any atom is 0.112 e. The van der Waals surface area contributed by atoms with E-state index in [9.17, 15) is 4.39 Å². The summed E-state index contributed by atoms with van der Waals surface area (Å²) in [6.45, 7) is 6.72. The van der Waals surface area contributed by atoms with Crippen LogP contribution in [-0.2, 0) is 0 Å². The molecule has 0 bridgehead atoms. The van der Waals surface area contributed by atoms with Crippen molar-refractivity contribution in [3.8, 4) is 0 Å². The monoisotopic (exact) mass is 187 g/mol. The number of piperidine rings is 1. The second-order valence-corrected chi connectivity index (χ2v) is 4.78. The van der Waals surface area contributed by atoms with Crippen molar-refractivity contribution in [2.75, 3.05) is 6.54 Å². The first kappa shape index (κ1) is 11.0. The molecule has 2 atom stereocenters. The first-order valence-electron chi connectivity index (χ1n) is 5.44. The Hall–Kier alpha value is -0.110. The van der Waals surface area contributed by atoms with Gasteiger partial charge in [0.25, 0.3) is 0 Å². The Balaban J connectivity index is 2.37. The molecule has 1 aliphatic rings. The number of hydrogen-bond acceptors (Lipinski definition) is 1. The molecule has 2 unspecified atom stereocenters. The fourth-order valence-corrected chi connectivity index (χ4v) is 1.82. The van der Waals surface area contributed by atoms with Gasteiger partial charge in [0.1, 0.15) is 5.67 Å². The van der Waals surface area contributed by atoms with Gasteiger partial charge in [0.05, 0.1) is 0 Å². The van der Waals surface area contributed by atoms with E-state index in [2.05, 4.69) is 5.32 Å². The molecule has 1 nitrogen and oxygen atoms in total. The molecule has 0 aromatic heterocycles. The summed E-state index contributed by atoms with van der Waals surface area (Å²) in [5, 5.41) is 3.39. The summed E-state index contributed by atoms with van der Waals surface area (Å²) in [7, 11) is 0. The molecule has 1 saturated heterocycles. The third-order valence-electron chi connectivity index (χ3n) is 3.26. The normalized spacial score (nSPS) is 28.8. The van der Waals surface area contributed by atoms with Crippen LogP contribution in [0.1, 0.15) is 46.5 Å². The molecule has 1 heterocycles. The molecule has 0 aliphatic carbocycles. The van der Waals surface area contributed by atoms with Gasteiger partial charge in [-0.1, -0.05) is 20.3 Å². The molecule has 0 amide bonds. The fourth-order valence-electron chi connectivity index (χ4n) is 1.82. The Labute approximate surface area is 81.1 Å². The van der Waals surface area contributed by atoms with E-state index in [1.165, 1.54) is 12.8 Å². The molecule has 0 aromatic carbocycles. The molecule has 1 N–H and O–H groups in total. The van der Waals surface area contributed by atoms with Crippen LogP contribution in [0.15, 0.2) is 0 Å². The molecule has 0 aromatic rings. The maximum absolute atomic E-state index is 14.0. The van der Waals surface area contributed by atoms with Crippen LogP contribution in [0, 0.1) is 5.92 Å². The predicted octanol–water partition coefficient (Wildman–Crippen LogP) is 2.90. The van der Waals surface area contributed by atoms with Gasteiger partial charge in [0.15, 0.2) is 0 Å². The summed E-state index contributed by atoms with van der Waals surface area (Å²) in [6, 6.07) is 0.408. The van der Waals surface area contributed by atoms with Gasteiger partial charge < -0.3 is 5.32 Å². The zero-order valence-corrected chi connectivity index (χ0v) is 9.07. The van der Waals surface area contributed by atoms with Crippen molar-refractivity contribution in [3.63, 3.8) is 0 Å². The minimum absolute atomic E-state index is 0.122. The maximum atomic E-state index is 14.0. The average molecular weight is 187 g/mol. The number of alkyl halides is 1. The van der Waals surface area contributed by atoms with Crippen LogP contribution in [0.4, 0.5) is 4.39 Å². The quantitative estimate of drug-likeness (QED) is 0.716. The summed E-state index contributed by atoms with van der Waals surface area (Å²) in [5.74, 6) is 0.122. The molecular formula is C11H22FN. The predicted molar refractivity (Wildman–Crippen MR) is 54.6 cm³/mol. The van der Waals surface area contributed by atoms with E-state index in [0.29, 0.717) is 12.5 Å².